The van der Waals surface area contributed by atoms with Gasteiger partial charge in [0.1, 0.15) is 12.2 Å². The maximum atomic E-state index is 13.8. The molecule has 1 N–H and O–H groups in total. The van der Waals surface area contributed by atoms with Crippen LogP contribution < -0.4 is 0 Å². The fourth-order valence-corrected chi connectivity index (χ4v) is 7.23. The third kappa shape index (κ3) is 2.64. The maximum Gasteiger partial charge on any atom is 0.439 e. The predicted molar refractivity (Wildman–Crippen MR) is 74.0 cm³/mol. The lowest BCUT2D eigenvalue weighted by Crippen LogP contribution is -2.61. The third-order valence-electron chi connectivity index (χ3n) is 5.02. The van der Waals surface area contributed by atoms with Gasteiger partial charge < -0.3 is 0 Å². The molecule has 5 atom stereocenters. The number of hydrogen-bond acceptors (Lipinski definition) is 8. The molecule has 2 aliphatic carbocycles. The molecular formula is C10H10F6O9S3. The molecule has 0 aromatic rings. The first-order valence-electron chi connectivity index (χ1n) is 7.23. The molecule has 1 aliphatic heterocycles. The van der Waals surface area contributed by atoms with E-state index in [1.807, 2.05) is 0 Å². The molecule has 3 fully saturated rings. The highest BCUT2D eigenvalue weighted by Gasteiger charge is 2.83. The predicted octanol–water partition coefficient (Wildman–Crippen LogP) is 0.547. The molecule has 5 unspecified atom stereocenters. The van der Waals surface area contributed by atoms with Crippen molar-refractivity contribution in [2.24, 2.45) is 11.8 Å². The monoisotopic (exact) mass is 484 g/mol. The van der Waals surface area contributed by atoms with Gasteiger partial charge in [-0.1, -0.05) is 0 Å². The summed E-state index contributed by atoms with van der Waals surface area (Å²) in [5, 5.41) is -14.7. The smallest absolute Gasteiger partial charge is 0.281 e. The minimum atomic E-state index is -7.15. The Hall–Kier alpha value is -0.690. The van der Waals surface area contributed by atoms with Crippen LogP contribution in [0.25, 0.3) is 0 Å². The number of halogens is 6. The number of rotatable bonds is 6. The van der Waals surface area contributed by atoms with Crippen LogP contribution in [0, 0.1) is 11.8 Å². The zero-order valence-corrected chi connectivity index (χ0v) is 15.5. The average Bonchev–Trinajstić information content (AvgIpc) is 3.09. The van der Waals surface area contributed by atoms with Crippen LogP contribution in [0.3, 0.4) is 0 Å². The van der Waals surface area contributed by atoms with Crippen LogP contribution in [0.4, 0.5) is 26.3 Å². The van der Waals surface area contributed by atoms with E-state index in [0.717, 1.165) is 0 Å². The SMILES string of the molecule is O=S1(=O)OC2C3CC(CC31)C2OS(=O)(=O)C(F)(F)C(F)(F)C(F)(F)S(=O)(=O)O. The van der Waals surface area contributed by atoms with Crippen molar-refractivity contribution in [3.63, 3.8) is 0 Å². The summed E-state index contributed by atoms with van der Waals surface area (Å²) >= 11 is 0. The van der Waals surface area contributed by atoms with Crippen molar-refractivity contribution in [2.75, 3.05) is 0 Å². The van der Waals surface area contributed by atoms with E-state index in [2.05, 4.69) is 8.37 Å². The van der Waals surface area contributed by atoms with Gasteiger partial charge in [0, 0.05) is 5.92 Å². The van der Waals surface area contributed by atoms with Gasteiger partial charge in [-0.2, -0.15) is 51.6 Å². The molecule has 0 amide bonds. The average molecular weight is 484 g/mol. The van der Waals surface area contributed by atoms with Gasteiger partial charge in [0.25, 0.3) is 10.1 Å². The Labute approximate surface area is 154 Å². The van der Waals surface area contributed by atoms with E-state index >= 15 is 0 Å². The van der Waals surface area contributed by atoms with Crippen LogP contribution in [0.1, 0.15) is 12.8 Å². The van der Waals surface area contributed by atoms with E-state index in [9.17, 15) is 51.6 Å². The summed E-state index contributed by atoms with van der Waals surface area (Å²) in [5.74, 6) is -9.00. The summed E-state index contributed by atoms with van der Waals surface area (Å²) < 4.78 is 165. The van der Waals surface area contributed by atoms with Gasteiger partial charge in [-0.05, 0) is 18.8 Å². The van der Waals surface area contributed by atoms with Gasteiger partial charge in [0.15, 0.2) is 0 Å². The van der Waals surface area contributed by atoms with Gasteiger partial charge in [0.2, 0.25) is 0 Å². The number of fused-ring (bicyclic) bond motifs is 1. The Morgan fingerprint density at radius 3 is 2.00 bits per heavy atom. The van der Waals surface area contributed by atoms with Crippen LogP contribution in [-0.2, 0) is 38.7 Å². The molecule has 0 spiro atoms. The van der Waals surface area contributed by atoms with Gasteiger partial charge in [0.05, 0.1) is 5.25 Å². The van der Waals surface area contributed by atoms with Crippen molar-refractivity contribution in [2.45, 2.75) is 46.7 Å². The lowest BCUT2D eigenvalue weighted by molar-refractivity contribution is -0.248. The molecule has 9 nitrogen and oxygen atoms in total. The number of alkyl halides is 6. The minimum Gasteiger partial charge on any atom is -0.281 e. The highest BCUT2D eigenvalue weighted by Crippen LogP contribution is 2.57. The van der Waals surface area contributed by atoms with Gasteiger partial charge in [-0.15, -0.1) is 0 Å². The second kappa shape index (κ2) is 5.71. The molecule has 2 bridgehead atoms. The largest absolute Gasteiger partial charge is 0.439 e. The molecule has 3 aliphatic rings. The molecule has 0 aromatic carbocycles. The van der Waals surface area contributed by atoms with Crippen LogP contribution in [0.5, 0.6) is 0 Å². The zero-order valence-electron chi connectivity index (χ0n) is 13.0. The quantitative estimate of drug-likeness (QED) is 0.325. The summed E-state index contributed by atoms with van der Waals surface area (Å²) in [6, 6.07) is 0. The van der Waals surface area contributed by atoms with Crippen LogP contribution in [0.2, 0.25) is 0 Å². The van der Waals surface area contributed by atoms with E-state index in [1.165, 1.54) is 0 Å². The fourth-order valence-electron chi connectivity index (χ4n) is 3.71. The lowest BCUT2D eigenvalue weighted by Gasteiger charge is -2.32. The third-order valence-corrected chi connectivity index (χ3v) is 9.06. The van der Waals surface area contributed by atoms with Crippen molar-refractivity contribution in [1.82, 2.24) is 0 Å². The Morgan fingerprint density at radius 2 is 1.50 bits per heavy atom. The minimum absolute atomic E-state index is 0.0576. The van der Waals surface area contributed by atoms with Crippen molar-refractivity contribution in [3.05, 3.63) is 0 Å². The van der Waals surface area contributed by atoms with E-state index in [0.29, 0.717) is 0 Å². The molecular weight excluding hydrogens is 474 g/mol. The number of hydrogen-bond donors (Lipinski definition) is 1. The molecule has 2 saturated carbocycles. The summed E-state index contributed by atoms with van der Waals surface area (Å²) in [4.78, 5) is 0. The van der Waals surface area contributed by atoms with E-state index in [-0.39, 0.29) is 12.8 Å². The van der Waals surface area contributed by atoms with Gasteiger partial charge in [-0.25, -0.2) is 0 Å². The molecule has 1 saturated heterocycles. The normalized spacial score (nSPS) is 35.5. The molecule has 18 heteroatoms. The molecule has 3 rings (SSSR count). The topological polar surface area (TPSA) is 141 Å². The van der Waals surface area contributed by atoms with Crippen LogP contribution >= 0.6 is 0 Å². The lowest BCUT2D eigenvalue weighted by atomic mass is 9.95. The maximum absolute atomic E-state index is 13.8. The molecule has 1 heterocycles. The van der Waals surface area contributed by atoms with Crippen molar-refractivity contribution in [3.8, 4) is 0 Å². The second-order valence-corrected chi connectivity index (χ2v) is 11.4. The highest BCUT2D eigenvalue weighted by molar-refractivity contribution is 7.88. The zero-order chi connectivity index (χ0) is 21.7. The van der Waals surface area contributed by atoms with Crippen molar-refractivity contribution < 1.29 is 64.5 Å². The highest BCUT2D eigenvalue weighted by atomic mass is 32.2. The van der Waals surface area contributed by atoms with E-state index < -0.39 is 76.1 Å². The van der Waals surface area contributed by atoms with Crippen LogP contribution in [-0.4, -0.2) is 63.7 Å². The molecule has 0 radical (unpaired) electrons. The Kier molecular flexibility index (Phi) is 4.49. The summed E-state index contributed by atoms with van der Waals surface area (Å²) in [5.41, 5.74) is 0. The van der Waals surface area contributed by atoms with Crippen LogP contribution in [0.15, 0.2) is 0 Å². The van der Waals surface area contributed by atoms with E-state index in [4.69, 9.17) is 4.55 Å². The fraction of sp³-hybridized carbons (Fsp3) is 1.00. The van der Waals surface area contributed by atoms with Gasteiger partial charge >= 0.3 is 36.7 Å². The molecule has 164 valence electrons. The Bertz CT molecular complexity index is 1010. The van der Waals surface area contributed by atoms with Gasteiger partial charge in [-0.3, -0.25) is 12.9 Å². The first-order chi connectivity index (χ1) is 12.3. The standard InChI is InChI=1S/C10H10F6O9S3/c11-8(12,9(13,14)27(19,20)21)10(15,16)28(22,23)25-6-3-1-4-5(2-3)26(17,18)24-7(4)6/h3-7H,1-2H2,(H,19,20,21). The first kappa shape index (κ1) is 22.0. The molecule has 28 heavy (non-hydrogen) atoms. The van der Waals surface area contributed by atoms with Crippen molar-refractivity contribution >= 4 is 30.4 Å². The van der Waals surface area contributed by atoms with E-state index in [1.54, 1.807) is 0 Å². The Morgan fingerprint density at radius 1 is 0.964 bits per heavy atom. The summed E-state index contributed by atoms with van der Waals surface area (Å²) in [6.45, 7) is 0. The first-order valence-corrected chi connectivity index (χ1v) is 11.6. The second-order valence-electron chi connectivity index (χ2n) is 6.59. The summed E-state index contributed by atoms with van der Waals surface area (Å²) in [7, 11) is -18.3. The Balaban J connectivity index is 1.93. The van der Waals surface area contributed by atoms with Crippen molar-refractivity contribution in [1.29, 1.82) is 0 Å². The summed E-state index contributed by atoms with van der Waals surface area (Å²) in [6.07, 6.45) is -3.93. The molecule has 0 aromatic heterocycles.